The molecule has 29 heavy (non-hydrogen) atoms. The fraction of sp³-hybridized carbons (Fsp3) is 0.158. The number of amides is 2. The second kappa shape index (κ2) is 10.1. The Hall–Kier alpha value is -2.13. The molecule has 3 aromatic rings. The largest absolute Gasteiger partial charge is 0.325 e. The molecule has 2 aromatic carbocycles. The number of aromatic nitrogens is 2. The molecular weight excluding hydrogens is 451 g/mol. The van der Waals surface area contributed by atoms with E-state index in [2.05, 4.69) is 27.8 Å². The van der Waals surface area contributed by atoms with Gasteiger partial charge in [-0.05, 0) is 42.3 Å². The van der Waals surface area contributed by atoms with Gasteiger partial charge in [0.05, 0.1) is 16.3 Å². The first-order chi connectivity index (χ1) is 13.9. The van der Waals surface area contributed by atoms with Gasteiger partial charge in [0.15, 0.2) is 4.34 Å². The summed E-state index contributed by atoms with van der Waals surface area (Å²) in [5.74, 6) is -0.373. The van der Waals surface area contributed by atoms with Gasteiger partial charge in [0.1, 0.15) is 0 Å². The molecule has 0 aliphatic carbocycles. The van der Waals surface area contributed by atoms with Crippen LogP contribution in [0.1, 0.15) is 22.8 Å². The van der Waals surface area contributed by atoms with Crippen molar-refractivity contribution in [2.24, 2.45) is 0 Å². The van der Waals surface area contributed by atoms with Crippen LogP contribution >= 0.6 is 46.3 Å². The topological polar surface area (TPSA) is 84.0 Å². The standard InChI is InChI=1S/C19H16Cl2N4O2S2/c1-2-11-3-6-13(7-4-11)22-16(26)10-28-19-25-24-18(29-19)23-17(27)14-8-5-12(20)9-15(14)21/h3-9H,2,10H2,1H3,(H,22,26)(H,23,24,27). The van der Waals surface area contributed by atoms with E-state index in [-0.39, 0.29) is 22.2 Å². The summed E-state index contributed by atoms with van der Waals surface area (Å²) in [6.45, 7) is 2.08. The molecule has 0 aliphatic heterocycles. The van der Waals surface area contributed by atoms with E-state index in [1.165, 1.54) is 40.8 Å². The number of anilines is 2. The van der Waals surface area contributed by atoms with Gasteiger partial charge in [-0.25, -0.2) is 0 Å². The minimum Gasteiger partial charge on any atom is -0.325 e. The third-order valence-electron chi connectivity index (χ3n) is 3.78. The van der Waals surface area contributed by atoms with Crippen molar-refractivity contribution in [3.05, 3.63) is 63.6 Å². The second-order valence-electron chi connectivity index (χ2n) is 5.84. The number of thioether (sulfide) groups is 1. The molecule has 0 aliphatic rings. The minimum absolute atomic E-state index is 0.145. The zero-order chi connectivity index (χ0) is 20.8. The number of nitrogens with one attached hydrogen (secondary N) is 2. The van der Waals surface area contributed by atoms with Crippen LogP contribution in [-0.4, -0.2) is 27.8 Å². The molecule has 2 amide bonds. The van der Waals surface area contributed by atoms with Gasteiger partial charge in [-0.2, -0.15) is 0 Å². The molecule has 10 heteroatoms. The van der Waals surface area contributed by atoms with Gasteiger partial charge < -0.3 is 5.32 Å². The van der Waals surface area contributed by atoms with E-state index in [4.69, 9.17) is 23.2 Å². The predicted molar refractivity (Wildman–Crippen MR) is 119 cm³/mol. The fourth-order valence-corrected chi connectivity index (χ4v) is 4.35. The maximum Gasteiger partial charge on any atom is 0.259 e. The summed E-state index contributed by atoms with van der Waals surface area (Å²) >= 11 is 14.3. The summed E-state index contributed by atoms with van der Waals surface area (Å²) in [5.41, 5.74) is 2.24. The maximum absolute atomic E-state index is 12.3. The SMILES string of the molecule is CCc1ccc(NC(=O)CSc2nnc(NC(=O)c3ccc(Cl)cc3Cl)s2)cc1. The van der Waals surface area contributed by atoms with Crippen LogP contribution in [0.2, 0.25) is 10.0 Å². The Labute approximate surface area is 186 Å². The van der Waals surface area contributed by atoms with Crippen molar-refractivity contribution >= 4 is 68.9 Å². The minimum atomic E-state index is -0.410. The molecule has 0 fully saturated rings. The number of halogens is 2. The quantitative estimate of drug-likeness (QED) is 0.360. The van der Waals surface area contributed by atoms with E-state index >= 15 is 0 Å². The van der Waals surface area contributed by atoms with Gasteiger partial charge >= 0.3 is 0 Å². The summed E-state index contributed by atoms with van der Waals surface area (Å²) < 4.78 is 0.569. The molecular formula is C19H16Cl2N4O2S2. The average molecular weight is 467 g/mol. The lowest BCUT2D eigenvalue weighted by Crippen LogP contribution is -2.13. The first kappa shape index (κ1) is 21.6. The van der Waals surface area contributed by atoms with E-state index in [0.29, 0.717) is 14.5 Å². The van der Waals surface area contributed by atoms with Gasteiger partial charge in [-0.3, -0.25) is 14.9 Å². The predicted octanol–water partition coefficient (Wildman–Crippen LogP) is 5.39. The molecule has 0 unspecified atom stereocenters. The van der Waals surface area contributed by atoms with Crippen LogP contribution in [0.4, 0.5) is 10.8 Å². The molecule has 150 valence electrons. The first-order valence-electron chi connectivity index (χ1n) is 8.56. The first-order valence-corrected chi connectivity index (χ1v) is 11.1. The van der Waals surface area contributed by atoms with E-state index < -0.39 is 5.91 Å². The normalized spacial score (nSPS) is 10.6. The van der Waals surface area contributed by atoms with E-state index in [0.717, 1.165) is 12.1 Å². The Balaban J connectivity index is 1.51. The lowest BCUT2D eigenvalue weighted by molar-refractivity contribution is -0.113. The van der Waals surface area contributed by atoms with Crippen molar-refractivity contribution in [1.82, 2.24) is 10.2 Å². The summed E-state index contributed by atoms with van der Waals surface area (Å²) in [7, 11) is 0. The van der Waals surface area contributed by atoms with E-state index in [1.54, 1.807) is 6.07 Å². The number of nitrogens with zero attached hydrogens (tertiary/aromatic N) is 2. The maximum atomic E-state index is 12.3. The molecule has 2 N–H and O–H groups in total. The molecule has 3 rings (SSSR count). The van der Waals surface area contributed by atoms with Gasteiger partial charge in [-0.15, -0.1) is 10.2 Å². The van der Waals surface area contributed by atoms with Crippen LogP contribution in [-0.2, 0) is 11.2 Å². The highest BCUT2D eigenvalue weighted by Gasteiger charge is 2.14. The molecule has 1 heterocycles. The van der Waals surface area contributed by atoms with E-state index in [1.807, 2.05) is 24.3 Å². The van der Waals surface area contributed by atoms with Crippen molar-refractivity contribution in [3.63, 3.8) is 0 Å². The summed E-state index contributed by atoms with van der Waals surface area (Å²) in [6.07, 6.45) is 0.949. The van der Waals surface area contributed by atoms with Crippen molar-refractivity contribution in [2.45, 2.75) is 17.7 Å². The number of aryl methyl sites for hydroxylation is 1. The number of benzene rings is 2. The molecule has 0 bridgehead atoms. The Kier molecular flexibility index (Phi) is 7.49. The third-order valence-corrected chi connectivity index (χ3v) is 6.30. The van der Waals surface area contributed by atoms with Crippen molar-refractivity contribution in [2.75, 3.05) is 16.4 Å². The Morgan fingerprint density at radius 3 is 2.52 bits per heavy atom. The smallest absolute Gasteiger partial charge is 0.259 e. The lowest BCUT2D eigenvalue weighted by Gasteiger charge is -2.05. The van der Waals surface area contributed by atoms with E-state index in [9.17, 15) is 9.59 Å². The van der Waals surface area contributed by atoms with Crippen LogP contribution in [0, 0.1) is 0 Å². The number of rotatable bonds is 7. The highest BCUT2D eigenvalue weighted by molar-refractivity contribution is 8.01. The third kappa shape index (κ3) is 6.17. The molecule has 0 saturated carbocycles. The van der Waals surface area contributed by atoms with Crippen LogP contribution < -0.4 is 10.6 Å². The van der Waals surface area contributed by atoms with Gasteiger partial charge in [0.2, 0.25) is 11.0 Å². The van der Waals surface area contributed by atoms with Crippen LogP contribution in [0.15, 0.2) is 46.8 Å². The molecule has 0 radical (unpaired) electrons. The monoisotopic (exact) mass is 466 g/mol. The Morgan fingerprint density at radius 1 is 1.07 bits per heavy atom. The highest BCUT2D eigenvalue weighted by atomic mass is 35.5. The van der Waals surface area contributed by atoms with Crippen LogP contribution in [0.25, 0.3) is 0 Å². The number of hydrogen-bond donors (Lipinski definition) is 2. The van der Waals surface area contributed by atoms with Crippen molar-refractivity contribution < 1.29 is 9.59 Å². The zero-order valence-electron chi connectivity index (χ0n) is 15.2. The molecule has 0 atom stereocenters. The Bertz CT molecular complexity index is 1030. The Morgan fingerprint density at radius 2 is 1.83 bits per heavy atom. The van der Waals surface area contributed by atoms with Crippen LogP contribution in [0.5, 0.6) is 0 Å². The summed E-state index contributed by atoms with van der Waals surface area (Å²) in [4.78, 5) is 24.4. The number of hydrogen-bond acceptors (Lipinski definition) is 6. The molecule has 6 nitrogen and oxygen atoms in total. The lowest BCUT2D eigenvalue weighted by atomic mass is 10.1. The summed E-state index contributed by atoms with van der Waals surface area (Å²) in [5, 5.41) is 14.4. The van der Waals surface area contributed by atoms with Gasteiger partial charge in [-0.1, -0.05) is 65.4 Å². The van der Waals surface area contributed by atoms with Crippen LogP contribution in [0.3, 0.4) is 0 Å². The number of carbonyl (C=O) groups is 2. The molecule has 1 aromatic heterocycles. The van der Waals surface area contributed by atoms with Crippen molar-refractivity contribution in [3.8, 4) is 0 Å². The zero-order valence-corrected chi connectivity index (χ0v) is 18.4. The van der Waals surface area contributed by atoms with Gasteiger partial charge in [0, 0.05) is 10.7 Å². The van der Waals surface area contributed by atoms with Gasteiger partial charge in [0.25, 0.3) is 5.91 Å². The molecule has 0 spiro atoms. The highest BCUT2D eigenvalue weighted by Crippen LogP contribution is 2.27. The molecule has 0 saturated heterocycles. The second-order valence-corrected chi connectivity index (χ2v) is 8.88. The summed E-state index contributed by atoms with van der Waals surface area (Å²) in [6, 6.07) is 12.3. The fourth-order valence-electron chi connectivity index (χ4n) is 2.30. The van der Waals surface area contributed by atoms with Crippen molar-refractivity contribution in [1.29, 1.82) is 0 Å². The average Bonchev–Trinajstić information content (AvgIpc) is 3.14. The number of carbonyl (C=O) groups excluding carboxylic acids is 2.